The SMILES string of the molecule is CCOC(=O)C1CCN(S(=O)(=O)c2cccc(C(=O)CNc3cccc(C(F)(F)F)c3)c2)CC1. The lowest BCUT2D eigenvalue weighted by Crippen LogP contribution is -2.40. The van der Waals surface area contributed by atoms with Crippen molar-refractivity contribution >= 4 is 27.5 Å². The number of Topliss-reactive ketones (excluding diaryl/α,β-unsaturated/α-hetero) is 1. The zero-order chi connectivity index (χ0) is 24.9. The molecule has 3 rings (SSSR count). The maximum Gasteiger partial charge on any atom is 0.416 e. The van der Waals surface area contributed by atoms with E-state index in [1.807, 2.05) is 0 Å². The Bertz CT molecular complexity index is 1140. The minimum Gasteiger partial charge on any atom is -0.466 e. The maximum absolute atomic E-state index is 13.1. The number of hydrogen-bond acceptors (Lipinski definition) is 6. The van der Waals surface area contributed by atoms with Crippen molar-refractivity contribution in [3.05, 3.63) is 59.7 Å². The lowest BCUT2D eigenvalue weighted by atomic mass is 9.98. The number of piperidine rings is 1. The van der Waals surface area contributed by atoms with Crippen LogP contribution >= 0.6 is 0 Å². The van der Waals surface area contributed by atoms with E-state index in [-0.39, 0.29) is 54.3 Å². The fraction of sp³-hybridized carbons (Fsp3) is 0.391. The first-order valence-corrected chi connectivity index (χ1v) is 12.2. The molecule has 34 heavy (non-hydrogen) atoms. The molecule has 0 saturated carbocycles. The number of nitrogens with one attached hydrogen (secondary N) is 1. The number of esters is 1. The third-order valence-corrected chi connectivity index (χ3v) is 7.41. The molecule has 184 valence electrons. The van der Waals surface area contributed by atoms with Crippen molar-refractivity contribution in [2.75, 3.05) is 31.6 Å². The van der Waals surface area contributed by atoms with Crippen molar-refractivity contribution in [1.29, 1.82) is 0 Å². The largest absolute Gasteiger partial charge is 0.466 e. The molecule has 11 heteroatoms. The second kappa shape index (κ2) is 10.6. The van der Waals surface area contributed by atoms with Crippen LogP contribution in [0.5, 0.6) is 0 Å². The summed E-state index contributed by atoms with van der Waals surface area (Å²) in [7, 11) is -3.88. The van der Waals surface area contributed by atoms with E-state index in [9.17, 15) is 31.2 Å². The first kappa shape index (κ1) is 25.7. The molecule has 2 aromatic carbocycles. The van der Waals surface area contributed by atoms with Crippen LogP contribution in [0.2, 0.25) is 0 Å². The number of benzene rings is 2. The van der Waals surface area contributed by atoms with Gasteiger partial charge in [0.15, 0.2) is 5.78 Å². The van der Waals surface area contributed by atoms with Crippen LogP contribution in [0.3, 0.4) is 0 Å². The number of ketones is 1. The Kier molecular flexibility index (Phi) is 7.98. The zero-order valence-corrected chi connectivity index (χ0v) is 19.3. The summed E-state index contributed by atoms with van der Waals surface area (Å²) in [4.78, 5) is 24.4. The van der Waals surface area contributed by atoms with E-state index < -0.39 is 27.5 Å². The minimum absolute atomic E-state index is 0.0630. The number of hydrogen-bond donors (Lipinski definition) is 1. The Hall–Kier alpha value is -2.92. The summed E-state index contributed by atoms with van der Waals surface area (Å²) in [6.07, 6.45) is -3.82. The highest BCUT2D eigenvalue weighted by Crippen LogP contribution is 2.30. The highest BCUT2D eigenvalue weighted by atomic mass is 32.2. The number of anilines is 1. The molecule has 0 amide bonds. The van der Waals surface area contributed by atoms with Gasteiger partial charge in [0.25, 0.3) is 0 Å². The van der Waals surface area contributed by atoms with E-state index in [0.29, 0.717) is 12.8 Å². The predicted octanol–water partition coefficient (Wildman–Crippen LogP) is 3.96. The topological polar surface area (TPSA) is 92.8 Å². The summed E-state index contributed by atoms with van der Waals surface area (Å²) >= 11 is 0. The van der Waals surface area contributed by atoms with Gasteiger partial charge in [-0.25, -0.2) is 8.42 Å². The minimum atomic E-state index is -4.50. The van der Waals surface area contributed by atoms with Gasteiger partial charge in [0.1, 0.15) is 0 Å². The first-order chi connectivity index (χ1) is 16.0. The van der Waals surface area contributed by atoms with Gasteiger partial charge in [-0.1, -0.05) is 18.2 Å². The molecule has 7 nitrogen and oxygen atoms in total. The summed E-state index contributed by atoms with van der Waals surface area (Å²) in [5.74, 6) is -1.16. The van der Waals surface area contributed by atoms with E-state index in [1.165, 1.54) is 40.7 Å². The van der Waals surface area contributed by atoms with Crippen molar-refractivity contribution in [2.45, 2.75) is 30.8 Å². The van der Waals surface area contributed by atoms with Crippen LogP contribution in [0, 0.1) is 5.92 Å². The molecule has 0 bridgehead atoms. The van der Waals surface area contributed by atoms with Gasteiger partial charge in [-0.3, -0.25) is 9.59 Å². The summed E-state index contributed by atoms with van der Waals surface area (Å²) < 4.78 is 70.9. The van der Waals surface area contributed by atoms with Crippen molar-refractivity contribution in [1.82, 2.24) is 4.31 Å². The van der Waals surface area contributed by atoms with Gasteiger partial charge in [-0.05, 0) is 50.1 Å². The number of halogens is 3. The number of carbonyl (C=O) groups excluding carboxylic acids is 2. The Balaban J connectivity index is 1.66. The number of sulfonamides is 1. The van der Waals surface area contributed by atoms with Crippen molar-refractivity contribution in [3.8, 4) is 0 Å². The van der Waals surface area contributed by atoms with E-state index in [0.717, 1.165) is 12.1 Å². The molecule has 2 aromatic rings. The van der Waals surface area contributed by atoms with Crippen LogP contribution in [-0.4, -0.2) is 50.7 Å². The average Bonchev–Trinajstić information content (AvgIpc) is 2.82. The molecule has 1 heterocycles. The molecule has 1 fully saturated rings. The molecule has 0 unspecified atom stereocenters. The lowest BCUT2D eigenvalue weighted by molar-refractivity contribution is -0.149. The van der Waals surface area contributed by atoms with Crippen molar-refractivity contribution in [2.24, 2.45) is 5.92 Å². The Morgan fingerprint density at radius 1 is 1.09 bits per heavy atom. The van der Waals surface area contributed by atoms with Crippen molar-refractivity contribution in [3.63, 3.8) is 0 Å². The van der Waals surface area contributed by atoms with Gasteiger partial charge in [-0.15, -0.1) is 0 Å². The predicted molar refractivity (Wildman–Crippen MR) is 119 cm³/mol. The maximum atomic E-state index is 13.1. The Morgan fingerprint density at radius 3 is 2.41 bits per heavy atom. The smallest absolute Gasteiger partial charge is 0.416 e. The quantitative estimate of drug-likeness (QED) is 0.438. The number of nitrogens with zero attached hydrogens (tertiary/aromatic N) is 1. The third kappa shape index (κ3) is 6.15. The fourth-order valence-electron chi connectivity index (χ4n) is 3.66. The van der Waals surface area contributed by atoms with Gasteiger partial charge >= 0.3 is 12.1 Å². The second-order valence-electron chi connectivity index (χ2n) is 7.81. The Morgan fingerprint density at radius 2 is 1.76 bits per heavy atom. The van der Waals surface area contributed by atoms with Gasteiger partial charge in [0, 0.05) is 24.3 Å². The number of rotatable bonds is 8. The first-order valence-electron chi connectivity index (χ1n) is 10.7. The highest BCUT2D eigenvalue weighted by molar-refractivity contribution is 7.89. The van der Waals surface area contributed by atoms with Gasteiger partial charge in [-0.2, -0.15) is 17.5 Å². The standard InChI is InChI=1S/C23H25F3N2O5S/c1-2-33-22(30)16-9-11-28(12-10-16)34(31,32)20-8-3-5-17(13-20)21(29)15-27-19-7-4-6-18(14-19)23(24,25)26/h3-8,13-14,16,27H,2,9-12,15H2,1H3. The van der Waals surface area contributed by atoms with E-state index in [2.05, 4.69) is 5.32 Å². The van der Waals surface area contributed by atoms with Gasteiger partial charge < -0.3 is 10.1 Å². The molecule has 0 aromatic heterocycles. The normalized spacial score (nSPS) is 15.6. The van der Waals surface area contributed by atoms with Crippen LogP contribution in [0.15, 0.2) is 53.4 Å². The van der Waals surface area contributed by atoms with Crippen LogP contribution < -0.4 is 5.32 Å². The molecular weight excluding hydrogens is 473 g/mol. The summed E-state index contributed by atoms with van der Waals surface area (Å²) in [6, 6.07) is 9.98. The second-order valence-corrected chi connectivity index (χ2v) is 9.75. The van der Waals surface area contributed by atoms with E-state index in [4.69, 9.17) is 4.74 Å². The number of alkyl halides is 3. The van der Waals surface area contributed by atoms with Gasteiger partial charge in [0.2, 0.25) is 10.0 Å². The van der Waals surface area contributed by atoms with E-state index >= 15 is 0 Å². The number of ether oxygens (including phenoxy) is 1. The molecule has 0 spiro atoms. The van der Waals surface area contributed by atoms with Crippen LogP contribution in [-0.2, 0) is 25.7 Å². The average molecular weight is 499 g/mol. The lowest BCUT2D eigenvalue weighted by Gasteiger charge is -2.30. The van der Waals surface area contributed by atoms with Crippen LogP contribution in [0.4, 0.5) is 18.9 Å². The Labute approximate surface area is 196 Å². The molecular formula is C23H25F3N2O5S. The third-order valence-electron chi connectivity index (χ3n) is 5.51. The van der Waals surface area contributed by atoms with Gasteiger partial charge in [0.05, 0.1) is 29.5 Å². The molecule has 0 aliphatic carbocycles. The summed E-state index contributed by atoms with van der Waals surface area (Å²) in [5, 5.41) is 2.65. The molecule has 1 N–H and O–H groups in total. The van der Waals surface area contributed by atoms with Crippen molar-refractivity contribution < 1.29 is 35.9 Å². The van der Waals surface area contributed by atoms with Crippen LogP contribution in [0.1, 0.15) is 35.7 Å². The van der Waals surface area contributed by atoms with Crippen LogP contribution in [0.25, 0.3) is 0 Å². The number of carbonyl (C=O) groups is 2. The molecule has 1 aliphatic heterocycles. The fourth-order valence-corrected chi connectivity index (χ4v) is 5.18. The molecule has 0 radical (unpaired) electrons. The summed E-state index contributed by atoms with van der Waals surface area (Å²) in [5.41, 5.74) is -0.608. The monoisotopic (exact) mass is 498 g/mol. The van der Waals surface area contributed by atoms with E-state index in [1.54, 1.807) is 6.92 Å². The molecule has 1 aliphatic rings. The summed E-state index contributed by atoms with van der Waals surface area (Å²) in [6.45, 7) is 1.97. The molecule has 0 atom stereocenters. The zero-order valence-electron chi connectivity index (χ0n) is 18.5. The highest BCUT2D eigenvalue weighted by Gasteiger charge is 2.33. The molecule has 1 saturated heterocycles.